The third-order valence-electron chi connectivity index (χ3n) is 4.50. The number of aromatic nitrogens is 3. The Kier molecular flexibility index (Phi) is 4.98. The molecule has 1 atom stereocenters. The summed E-state index contributed by atoms with van der Waals surface area (Å²) in [4.78, 5) is 30.3. The lowest BCUT2D eigenvalue weighted by Gasteiger charge is -2.20. The van der Waals surface area contributed by atoms with Crippen LogP contribution in [0, 0.1) is 20.8 Å². The van der Waals surface area contributed by atoms with Gasteiger partial charge in [0.1, 0.15) is 23.0 Å². The van der Waals surface area contributed by atoms with Gasteiger partial charge in [-0.15, -0.1) is 0 Å². The van der Waals surface area contributed by atoms with E-state index in [1.54, 1.807) is 27.0 Å². The minimum absolute atomic E-state index is 0.182. The van der Waals surface area contributed by atoms with Crippen LogP contribution in [0.1, 0.15) is 36.5 Å². The maximum atomic E-state index is 13.0. The fourth-order valence-corrected chi connectivity index (χ4v) is 3.14. The number of anilines is 1. The van der Waals surface area contributed by atoms with Crippen molar-refractivity contribution in [3.63, 3.8) is 0 Å². The highest BCUT2D eigenvalue weighted by molar-refractivity contribution is 5.95. The Morgan fingerprint density at radius 1 is 1.33 bits per heavy atom. The van der Waals surface area contributed by atoms with E-state index >= 15 is 0 Å². The Morgan fingerprint density at radius 2 is 2.07 bits per heavy atom. The number of ether oxygens (including phenoxy) is 1. The van der Waals surface area contributed by atoms with Crippen molar-refractivity contribution in [2.24, 2.45) is 0 Å². The van der Waals surface area contributed by atoms with Gasteiger partial charge in [0, 0.05) is 0 Å². The maximum absolute atomic E-state index is 13.0. The first-order valence-corrected chi connectivity index (χ1v) is 8.68. The molecular formula is C19H22N4O4. The van der Waals surface area contributed by atoms with Crippen LogP contribution in [0.25, 0.3) is 11.1 Å². The summed E-state index contributed by atoms with van der Waals surface area (Å²) < 4.78 is 11.8. The molecule has 0 spiro atoms. The molecule has 8 nitrogen and oxygen atoms in total. The van der Waals surface area contributed by atoms with E-state index in [1.165, 1.54) is 4.57 Å². The van der Waals surface area contributed by atoms with Crippen LogP contribution in [-0.2, 0) is 4.79 Å². The summed E-state index contributed by atoms with van der Waals surface area (Å²) in [7, 11) is 1.54. The van der Waals surface area contributed by atoms with Gasteiger partial charge < -0.3 is 14.6 Å². The molecule has 0 saturated heterocycles. The molecule has 2 aromatic heterocycles. The third kappa shape index (κ3) is 3.30. The molecule has 27 heavy (non-hydrogen) atoms. The molecule has 2 heterocycles. The average molecular weight is 370 g/mol. The first-order chi connectivity index (χ1) is 12.9. The Balaban J connectivity index is 2.04. The van der Waals surface area contributed by atoms with E-state index < -0.39 is 6.04 Å². The summed E-state index contributed by atoms with van der Waals surface area (Å²) >= 11 is 0. The predicted molar refractivity (Wildman–Crippen MR) is 101 cm³/mol. The van der Waals surface area contributed by atoms with Crippen LogP contribution < -0.4 is 15.6 Å². The quantitative estimate of drug-likeness (QED) is 0.741. The molecule has 3 aromatic rings. The molecule has 0 aliphatic carbocycles. The standard InChI is InChI=1S/C19H22N4O4/c1-6-14(17(24)21-13-9-10(2)7-8-15(13)26-5)23-12(4)20-18-16(19(23)25)11(3)22-27-18/h7-9,14H,6H2,1-5H3,(H,21,24)/t14-/m0/s1. The molecule has 1 amide bonds. The van der Waals surface area contributed by atoms with Gasteiger partial charge in [0.2, 0.25) is 5.91 Å². The van der Waals surface area contributed by atoms with E-state index in [4.69, 9.17) is 9.26 Å². The first kappa shape index (κ1) is 18.6. The summed E-state index contributed by atoms with van der Waals surface area (Å²) in [6.07, 6.45) is 0.415. The van der Waals surface area contributed by atoms with E-state index in [2.05, 4.69) is 15.5 Å². The molecule has 0 fully saturated rings. The van der Waals surface area contributed by atoms with Gasteiger partial charge >= 0.3 is 0 Å². The number of carbonyl (C=O) groups is 1. The van der Waals surface area contributed by atoms with Gasteiger partial charge in [-0.3, -0.25) is 14.2 Å². The zero-order valence-electron chi connectivity index (χ0n) is 16.0. The van der Waals surface area contributed by atoms with E-state index in [0.29, 0.717) is 34.8 Å². The second-order valence-corrected chi connectivity index (χ2v) is 6.40. The smallest absolute Gasteiger partial charge is 0.267 e. The maximum Gasteiger partial charge on any atom is 0.267 e. The number of hydrogen-bond acceptors (Lipinski definition) is 6. The Hall–Kier alpha value is -3.16. The van der Waals surface area contributed by atoms with Gasteiger partial charge in [-0.25, -0.2) is 0 Å². The molecule has 0 radical (unpaired) electrons. The topological polar surface area (TPSA) is 99.2 Å². The first-order valence-electron chi connectivity index (χ1n) is 8.68. The number of fused-ring (bicyclic) bond motifs is 1. The van der Waals surface area contributed by atoms with Crippen molar-refractivity contribution in [1.29, 1.82) is 0 Å². The van der Waals surface area contributed by atoms with Crippen molar-refractivity contribution in [2.45, 2.75) is 40.2 Å². The Morgan fingerprint density at radius 3 is 2.74 bits per heavy atom. The molecule has 0 bridgehead atoms. The van der Waals surface area contributed by atoms with Crippen LogP contribution >= 0.6 is 0 Å². The van der Waals surface area contributed by atoms with Gasteiger partial charge in [0.05, 0.1) is 18.5 Å². The van der Waals surface area contributed by atoms with E-state index in [9.17, 15) is 9.59 Å². The second kappa shape index (κ2) is 7.22. The average Bonchev–Trinajstić information content (AvgIpc) is 2.99. The minimum atomic E-state index is -0.728. The minimum Gasteiger partial charge on any atom is -0.495 e. The predicted octanol–water partition coefficient (Wildman–Crippen LogP) is 2.91. The van der Waals surface area contributed by atoms with Crippen molar-refractivity contribution >= 4 is 22.7 Å². The van der Waals surface area contributed by atoms with Crippen LogP contribution in [-0.4, -0.2) is 27.7 Å². The zero-order valence-corrected chi connectivity index (χ0v) is 16.0. The van der Waals surface area contributed by atoms with Crippen molar-refractivity contribution < 1.29 is 14.1 Å². The fraction of sp³-hybridized carbons (Fsp3) is 0.368. The van der Waals surface area contributed by atoms with Crippen molar-refractivity contribution in [2.75, 3.05) is 12.4 Å². The monoisotopic (exact) mass is 370 g/mol. The van der Waals surface area contributed by atoms with Crippen LogP contribution in [0.2, 0.25) is 0 Å². The Labute approximate surface area is 156 Å². The molecule has 8 heteroatoms. The van der Waals surface area contributed by atoms with Crippen LogP contribution in [0.4, 0.5) is 5.69 Å². The molecule has 1 N–H and O–H groups in total. The lowest BCUT2D eigenvalue weighted by atomic mass is 10.1. The van der Waals surface area contributed by atoms with Crippen LogP contribution in [0.5, 0.6) is 5.75 Å². The second-order valence-electron chi connectivity index (χ2n) is 6.40. The molecule has 0 aliphatic rings. The number of benzene rings is 1. The van der Waals surface area contributed by atoms with Crippen molar-refractivity contribution in [3.8, 4) is 5.75 Å². The molecule has 3 rings (SSSR count). The number of methoxy groups -OCH3 is 1. The number of aryl methyl sites for hydroxylation is 3. The van der Waals surface area contributed by atoms with Gasteiger partial charge in [-0.05, 0) is 44.9 Å². The summed E-state index contributed by atoms with van der Waals surface area (Å²) in [6, 6.07) is 4.78. The van der Waals surface area contributed by atoms with Gasteiger partial charge in [-0.1, -0.05) is 18.1 Å². The zero-order chi connectivity index (χ0) is 19.7. The summed E-state index contributed by atoms with van der Waals surface area (Å²) in [5, 5.41) is 6.96. The van der Waals surface area contributed by atoms with Gasteiger partial charge in [0.15, 0.2) is 0 Å². The lowest BCUT2D eigenvalue weighted by molar-refractivity contribution is -0.119. The number of rotatable bonds is 5. The van der Waals surface area contributed by atoms with Gasteiger partial charge in [-0.2, -0.15) is 4.98 Å². The fourth-order valence-electron chi connectivity index (χ4n) is 3.14. The molecule has 0 aliphatic heterocycles. The molecule has 1 aromatic carbocycles. The summed E-state index contributed by atoms with van der Waals surface area (Å²) in [5.74, 6) is 0.625. The highest BCUT2D eigenvalue weighted by atomic mass is 16.5. The van der Waals surface area contributed by atoms with Crippen LogP contribution in [0.15, 0.2) is 27.5 Å². The number of nitrogens with one attached hydrogen (secondary N) is 1. The number of hydrogen-bond donors (Lipinski definition) is 1. The van der Waals surface area contributed by atoms with E-state index in [0.717, 1.165) is 5.56 Å². The molecular weight excluding hydrogens is 348 g/mol. The number of carbonyl (C=O) groups excluding carboxylic acids is 1. The highest BCUT2D eigenvalue weighted by Gasteiger charge is 2.25. The van der Waals surface area contributed by atoms with Crippen LogP contribution in [0.3, 0.4) is 0 Å². The largest absolute Gasteiger partial charge is 0.495 e. The normalized spacial score (nSPS) is 12.2. The third-order valence-corrected chi connectivity index (χ3v) is 4.50. The molecule has 0 unspecified atom stereocenters. The van der Waals surface area contributed by atoms with E-state index in [1.807, 2.05) is 26.0 Å². The van der Waals surface area contributed by atoms with Crippen molar-refractivity contribution in [3.05, 3.63) is 45.6 Å². The van der Waals surface area contributed by atoms with Gasteiger partial charge in [0.25, 0.3) is 11.3 Å². The lowest BCUT2D eigenvalue weighted by Crippen LogP contribution is -2.35. The van der Waals surface area contributed by atoms with E-state index in [-0.39, 0.29) is 17.2 Å². The van der Waals surface area contributed by atoms with Crippen molar-refractivity contribution in [1.82, 2.24) is 14.7 Å². The molecule has 0 saturated carbocycles. The summed E-state index contributed by atoms with van der Waals surface area (Å²) in [5.41, 5.74) is 1.83. The highest BCUT2D eigenvalue weighted by Crippen LogP contribution is 2.27. The summed E-state index contributed by atoms with van der Waals surface area (Å²) in [6.45, 7) is 7.11. The number of nitrogens with zero attached hydrogens (tertiary/aromatic N) is 3. The number of amides is 1. The Bertz CT molecular complexity index is 1070. The SMILES string of the molecule is CC[C@@H](C(=O)Nc1cc(C)ccc1OC)n1c(C)nc2onc(C)c2c1=O. The molecule has 142 valence electrons.